The average molecular weight is 296 g/mol. The molecular formula is C20H24O2. The Hall–Kier alpha value is -0.660. The van der Waals surface area contributed by atoms with Crippen molar-refractivity contribution >= 4 is 11.6 Å². The zero-order chi connectivity index (χ0) is 14.4. The highest BCUT2D eigenvalue weighted by molar-refractivity contribution is 6.04. The molecule has 0 amide bonds. The van der Waals surface area contributed by atoms with E-state index in [0.717, 1.165) is 11.8 Å². The third kappa shape index (κ3) is 0.893. The Morgan fingerprint density at radius 3 is 1.73 bits per heavy atom. The van der Waals surface area contributed by atoms with E-state index in [0.29, 0.717) is 40.7 Å². The molecule has 7 rings (SSSR count). The van der Waals surface area contributed by atoms with Gasteiger partial charge >= 0.3 is 0 Å². The van der Waals surface area contributed by atoms with E-state index in [1.54, 1.807) is 0 Å². The first kappa shape index (κ1) is 11.8. The van der Waals surface area contributed by atoms with Crippen molar-refractivity contribution in [2.75, 3.05) is 0 Å². The summed E-state index contributed by atoms with van der Waals surface area (Å²) in [5, 5.41) is 0. The lowest BCUT2D eigenvalue weighted by Crippen LogP contribution is -2.40. The Morgan fingerprint density at radius 2 is 1.23 bits per heavy atom. The molecule has 0 aromatic heterocycles. The van der Waals surface area contributed by atoms with E-state index in [1.165, 1.54) is 44.9 Å². The summed E-state index contributed by atoms with van der Waals surface area (Å²) in [6.07, 6.45) is 9.52. The zero-order valence-electron chi connectivity index (χ0n) is 13.0. The maximum absolute atomic E-state index is 13.2. The smallest absolute Gasteiger partial charge is 0.141 e. The molecule has 7 aliphatic rings. The van der Waals surface area contributed by atoms with Crippen LogP contribution < -0.4 is 0 Å². The summed E-state index contributed by atoms with van der Waals surface area (Å²) in [5.41, 5.74) is 0.428. The second-order valence-electron chi connectivity index (χ2n) is 9.89. The third-order valence-corrected chi connectivity index (χ3v) is 9.98. The molecule has 2 heteroatoms. The van der Waals surface area contributed by atoms with Crippen LogP contribution in [0.3, 0.4) is 0 Å². The van der Waals surface area contributed by atoms with Crippen molar-refractivity contribution in [1.82, 2.24) is 0 Å². The minimum Gasteiger partial charge on any atom is -0.299 e. The molecule has 22 heavy (non-hydrogen) atoms. The first-order valence-corrected chi connectivity index (χ1v) is 9.81. The predicted molar refractivity (Wildman–Crippen MR) is 79.7 cm³/mol. The van der Waals surface area contributed by atoms with Crippen molar-refractivity contribution in [3.8, 4) is 0 Å². The fourth-order valence-corrected chi connectivity index (χ4v) is 10.1. The summed E-state index contributed by atoms with van der Waals surface area (Å²) in [4.78, 5) is 26.5. The molecule has 2 nitrogen and oxygen atoms in total. The van der Waals surface area contributed by atoms with Gasteiger partial charge in [0.15, 0.2) is 0 Å². The minimum atomic E-state index is 0.184. The fourth-order valence-electron chi connectivity index (χ4n) is 10.1. The quantitative estimate of drug-likeness (QED) is 0.688. The van der Waals surface area contributed by atoms with Crippen LogP contribution in [0.15, 0.2) is 0 Å². The van der Waals surface area contributed by atoms with Crippen LogP contribution in [0.2, 0.25) is 0 Å². The van der Waals surface area contributed by atoms with Gasteiger partial charge < -0.3 is 0 Å². The number of fused-ring (bicyclic) bond motifs is 3. The van der Waals surface area contributed by atoms with Crippen molar-refractivity contribution in [3.05, 3.63) is 0 Å². The standard InChI is InChI=1S/C20H24O2/c21-18-12-10-8-3-4-9(7-8)11-13(12)19(22)15-14(18)16(10)20(17(11)15)5-1-2-6-20/h8-17H,1-7H2/t8-,9-,10-,11+,12+,13-,14+,15+,16+,17+/m0/s1. The van der Waals surface area contributed by atoms with E-state index in [9.17, 15) is 9.59 Å². The van der Waals surface area contributed by atoms with Gasteiger partial charge in [-0.1, -0.05) is 12.8 Å². The topological polar surface area (TPSA) is 34.1 Å². The van der Waals surface area contributed by atoms with Gasteiger partial charge in [0.25, 0.3) is 0 Å². The number of ketones is 2. The van der Waals surface area contributed by atoms with E-state index >= 15 is 0 Å². The lowest BCUT2D eigenvalue weighted by Gasteiger charge is -2.43. The van der Waals surface area contributed by atoms with Gasteiger partial charge in [0.1, 0.15) is 11.6 Å². The summed E-state index contributed by atoms with van der Waals surface area (Å²) in [5.74, 6) is 5.99. The molecule has 7 fully saturated rings. The summed E-state index contributed by atoms with van der Waals surface area (Å²) >= 11 is 0. The molecule has 10 atom stereocenters. The Morgan fingerprint density at radius 1 is 0.727 bits per heavy atom. The van der Waals surface area contributed by atoms with Crippen LogP contribution in [0.5, 0.6) is 0 Å². The molecule has 0 aliphatic heterocycles. The van der Waals surface area contributed by atoms with Gasteiger partial charge in [-0.2, -0.15) is 0 Å². The number of carbonyl (C=O) groups excluding carboxylic acids is 2. The van der Waals surface area contributed by atoms with Crippen molar-refractivity contribution in [3.63, 3.8) is 0 Å². The molecule has 0 N–H and O–H groups in total. The number of rotatable bonds is 0. The Bertz CT molecular complexity index is 582. The van der Waals surface area contributed by atoms with Crippen LogP contribution in [0.25, 0.3) is 0 Å². The summed E-state index contributed by atoms with van der Waals surface area (Å²) in [6, 6.07) is 0. The van der Waals surface area contributed by atoms with Crippen molar-refractivity contribution in [2.24, 2.45) is 64.6 Å². The largest absolute Gasteiger partial charge is 0.299 e. The highest BCUT2D eigenvalue weighted by Crippen LogP contribution is 2.82. The first-order chi connectivity index (χ1) is 10.7. The van der Waals surface area contributed by atoms with Crippen LogP contribution in [-0.4, -0.2) is 11.6 Å². The van der Waals surface area contributed by atoms with Gasteiger partial charge in [-0.25, -0.2) is 0 Å². The predicted octanol–water partition coefficient (Wildman–Crippen LogP) is 3.10. The van der Waals surface area contributed by atoms with Gasteiger partial charge in [0.05, 0.1) is 0 Å². The van der Waals surface area contributed by atoms with Gasteiger partial charge in [-0.15, -0.1) is 0 Å². The second kappa shape index (κ2) is 3.26. The molecule has 0 unspecified atom stereocenters. The number of carbonyl (C=O) groups is 2. The summed E-state index contributed by atoms with van der Waals surface area (Å²) in [6.45, 7) is 0. The zero-order valence-corrected chi connectivity index (χ0v) is 13.0. The molecule has 0 saturated heterocycles. The molecule has 7 saturated carbocycles. The Labute approximate surface area is 131 Å². The van der Waals surface area contributed by atoms with Gasteiger partial charge in [0, 0.05) is 23.7 Å². The summed E-state index contributed by atoms with van der Waals surface area (Å²) < 4.78 is 0. The molecule has 8 bridgehead atoms. The lowest BCUT2D eigenvalue weighted by molar-refractivity contribution is -0.141. The van der Waals surface area contributed by atoms with Crippen molar-refractivity contribution in [2.45, 2.75) is 44.9 Å². The van der Waals surface area contributed by atoms with E-state index in [-0.39, 0.29) is 23.7 Å². The van der Waals surface area contributed by atoms with Crippen LogP contribution >= 0.6 is 0 Å². The number of hydrogen-bond donors (Lipinski definition) is 0. The third-order valence-electron chi connectivity index (χ3n) is 9.98. The Balaban J connectivity index is 1.59. The van der Waals surface area contributed by atoms with Crippen LogP contribution in [0, 0.1) is 64.6 Å². The molecule has 116 valence electrons. The van der Waals surface area contributed by atoms with E-state index in [2.05, 4.69) is 0 Å². The van der Waals surface area contributed by atoms with Gasteiger partial charge in [-0.3, -0.25) is 9.59 Å². The van der Waals surface area contributed by atoms with Gasteiger partial charge in [-0.05, 0) is 73.0 Å². The normalized spacial score (nSPS) is 64.5. The number of hydrogen-bond acceptors (Lipinski definition) is 2. The molecule has 7 aliphatic carbocycles. The SMILES string of the molecule is O=C1[C@@H]2[C@@H]3C(=O)[C@@H]4[C@@H]1[C@H]1[C@@H]2[C@H]2CC[C@@H](C2)[C@@H]3[C@H]4C12CCCC2. The van der Waals surface area contributed by atoms with Gasteiger partial charge in [0.2, 0.25) is 0 Å². The number of Topliss-reactive ketones (excluding diaryl/α,β-unsaturated/α-hetero) is 2. The first-order valence-electron chi connectivity index (χ1n) is 9.81. The molecule has 0 radical (unpaired) electrons. The highest BCUT2D eigenvalue weighted by Gasteiger charge is 2.83. The molecule has 0 aromatic carbocycles. The Kier molecular flexibility index (Phi) is 1.75. The van der Waals surface area contributed by atoms with Crippen molar-refractivity contribution < 1.29 is 9.59 Å². The molecule has 0 heterocycles. The second-order valence-corrected chi connectivity index (χ2v) is 9.89. The maximum atomic E-state index is 13.2. The fraction of sp³-hybridized carbons (Fsp3) is 0.900. The average Bonchev–Trinajstić information content (AvgIpc) is 3.20. The minimum absolute atomic E-state index is 0.184. The van der Waals surface area contributed by atoms with Crippen molar-refractivity contribution in [1.29, 1.82) is 0 Å². The van der Waals surface area contributed by atoms with E-state index in [1.807, 2.05) is 0 Å². The summed E-state index contributed by atoms with van der Waals surface area (Å²) in [7, 11) is 0. The van der Waals surface area contributed by atoms with Crippen LogP contribution in [-0.2, 0) is 9.59 Å². The lowest BCUT2D eigenvalue weighted by atomic mass is 9.60. The molecule has 1 spiro atoms. The maximum Gasteiger partial charge on any atom is 0.141 e. The van der Waals surface area contributed by atoms with E-state index < -0.39 is 0 Å². The monoisotopic (exact) mass is 296 g/mol. The van der Waals surface area contributed by atoms with Crippen LogP contribution in [0.4, 0.5) is 0 Å². The molecule has 0 aromatic rings. The molecular weight excluding hydrogens is 272 g/mol. The van der Waals surface area contributed by atoms with E-state index in [4.69, 9.17) is 0 Å². The highest BCUT2D eigenvalue weighted by atomic mass is 16.1. The van der Waals surface area contributed by atoms with Crippen LogP contribution in [0.1, 0.15) is 44.9 Å².